The third-order valence-corrected chi connectivity index (χ3v) is 6.02. The van der Waals surface area contributed by atoms with Crippen molar-refractivity contribution in [2.45, 2.75) is 24.7 Å². The molecule has 0 atom stereocenters. The van der Waals surface area contributed by atoms with Gasteiger partial charge in [-0.25, -0.2) is 0 Å². The molecule has 0 heterocycles. The summed E-state index contributed by atoms with van der Waals surface area (Å²) < 4.78 is 42.0. The van der Waals surface area contributed by atoms with Gasteiger partial charge in [0.2, 0.25) is 0 Å². The molecule has 0 aliphatic rings. The average molecular weight is 463 g/mol. The van der Waals surface area contributed by atoms with Gasteiger partial charge in [-0.05, 0) is 60.0 Å². The first-order valence-corrected chi connectivity index (χ1v) is 11.4. The van der Waals surface area contributed by atoms with Crippen molar-refractivity contribution in [3.8, 4) is 23.0 Å². The normalized spacial score (nSPS) is 11.2. The number of halogens is 1. The molecule has 8 heteroatoms. The molecule has 3 aromatic rings. The van der Waals surface area contributed by atoms with Crippen molar-refractivity contribution >= 4 is 21.7 Å². The van der Waals surface area contributed by atoms with Crippen LogP contribution >= 0.6 is 11.6 Å². The maximum Gasteiger partial charge on any atom is 0.342 e. The highest BCUT2D eigenvalue weighted by atomic mass is 35.5. The second kappa shape index (κ2) is 9.94. The molecule has 0 unspecified atom stereocenters. The Morgan fingerprint density at radius 2 is 1.74 bits per heavy atom. The van der Waals surface area contributed by atoms with Gasteiger partial charge in [0.15, 0.2) is 0 Å². The van der Waals surface area contributed by atoms with Crippen LogP contribution in [0.1, 0.15) is 18.1 Å². The Labute approximate surface area is 187 Å². The summed E-state index contributed by atoms with van der Waals surface area (Å²) in [5.41, 5.74) is 1.79. The molecule has 31 heavy (non-hydrogen) atoms. The lowest BCUT2D eigenvalue weighted by Crippen LogP contribution is -2.11. The van der Waals surface area contributed by atoms with Gasteiger partial charge < -0.3 is 18.8 Å². The summed E-state index contributed by atoms with van der Waals surface area (Å²) in [5, 5.41) is 9.81. The predicted molar refractivity (Wildman–Crippen MR) is 119 cm³/mol. The molecular weight excluding hydrogens is 440 g/mol. The molecule has 0 radical (unpaired) electrons. The molecule has 0 fully saturated rings. The van der Waals surface area contributed by atoms with Crippen LogP contribution in [-0.4, -0.2) is 27.2 Å². The zero-order valence-corrected chi connectivity index (χ0v) is 18.7. The highest BCUT2D eigenvalue weighted by Gasteiger charge is 2.23. The summed E-state index contributed by atoms with van der Waals surface area (Å²) in [6.45, 7) is 2.30. The topological polar surface area (TPSA) is 82.1 Å². The first kappa shape index (κ1) is 22.8. The zero-order chi connectivity index (χ0) is 22.4. The number of hydrogen-bond acceptors (Lipinski definition) is 6. The molecule has 3 rings (SSSR count). The molecule has 0 aliphatic heterocycles. The minimum Gasteiger partial charge on any atom is -0.508 e. The van der Waals surface area contributed by atoms with E-state index in [0.717, 1.165) is 11.1 Å². The summed E-state index contributed by atoms with van der Waals surface area (Å²) in [6, 6.07) is 16.2. The van der Waals surface area contributed by atoms with E-state index in [1.807, 2.05) is 19.1 Å². The van der Waals surface area contributed by atoms with E-state index in [2.05, 4.69) is 0 Å². The number of benzene rings is 3. The average Bonchev–Trinajstić information content (AvgIpc) is 2.73. The van der Waals surface area contributed by atoms with Crippen molar-refractivity contribution < 1.29 is 27.2 Å². The minimum absolute atomic E-state index is 0.133. The van der Waals surface area contributed by atoms with Crippen molar-refractivity contribution in [1.82, 2.24) is 0 Å². The fourth-order valence-corrected chi connectivity index (χ4v) is 4.33. The van der Waals surface area contributed by atoms with Crippen molar-refractivity contribution in [3.05, 3.63) is 76.8 Å². The SMILES string of the molecule is CCc1cc(OCCc2cccc(O)c2)cc(OS(=O)(=O)c2cc(Cl)ccc2OC)c1. The monoisotopic (exact) mass is 462 g/mol. The fourth-order valence-electron chi connectivity index (χ4n) is 2.98. The van der Waals surface area contributed by atoms with Crippen LogP contribution in [-0.2, 0) is 23.0 Å². The Hall–Kier alpha value is -2.90. The molecule has 0 spiro atoms. The highest BCUT2D eigenvalue weighted by Crippen LogP contribution is 2.31. The van der Waals surface area contributed by atoms with Gasteiger partial charge in [-0.2, -0.15) is 8.42 Å². The molecule has 0 bridgehead atoms. The van der Waals surface area contributed by atoms with Crippen LogP contribution in [0.5, 0.6) is 23.0 Å². The van der Waals surface area contributed by atoms with Gasteiger partial charge in [0.1, 0.15) is 27.9 Å². The van der Waals surface area contributed by atoms with Crippen LogP contribution in [0.2, 0.25) is 5.02 Å². The Kier molecular flexibility index (Phi) is 7.30. The zero-order valence-electron chi connectivity index (χ0n) is 17.2. The van der Waals surface area contributed by atoms with Gasteiger partial charge >= 0.3 is 10.1 Å². The van der Waals surface area contributed by atoms with Gasteiger partial charge in [-0.3, -0.25) is 0 Å². The third kappa shape index (κ3) is 6.06. The molecule has 0 saturated heterocycles. The number of hydrogen-bond donors (Lipinski definition) is 1. The Morgan fingerprint density at radius 3 is 2.45 bits per heavy atom. The molecule has 0 amide bonds. The number of phenols is 1. The third-order valence-electron chi connectivity index (χ3n) is 4.52. The van der Waals surface area contributed by atoms with Gasteiger partial charge in [-0.1, -0.05) is 30.7 Å². The van der Waals surface area contributed by atoms with Crippen LogP contribution < -0.4 is 13.7 Å². The molecule has 1 N–H and O–H groups in total. The maximum atomic E-state index is 12.9. The lowest BCUT2D eigenvalue weighted by Gasteiger charge is -2.13. The maximum absolute atomic E-state index is 12.9. The van der Waals surface area contributed by atoms with Crippen LogP contribution in [0.4, 0.5) is 0 Å². The van der Waals surface area contributed by atoms with E-state index < -0.39 is 10.1 Å². The number of ether oxygens (including phenoxy) is 2. The van der Waals surface area contributed by atoms with Gasteiger partial charge in [0, 0.05) is 17.5 Å². The van der Waals surface area contributed by atoms with E-state index >= 15 is 0 Å². The minimum atomic E-state index is -4.18. The van der Waals surface area contributed by atoms with Crippen molar-refractivity contribution in [1.29, 1.82) is 0 Å². The van der Waals surface area contributed by atoms with Crippen molar-refractivity contribution in [2.75, 3.05) is 13.7 Å². The first-order valence-electron chi connectivity index (χ1n) is 9.63. The quantitative estimate of drug-likeness (QED) is 0.450. The Morgan fingerprint density at radius 1 is 0.968 bits per heavy atom. The standard InChI is InChI=1S/C23H23ClO6S/c1-3-16-12-20(29-10-9-17-5-4-6-19(25)11-17)15-21(13-16)30-31(26,27)23-14-18(24)7-8-22(23)28-2/h4-8,11-15,25H,3,9-10H2,1-2H3. The molecule has 0 saturated carbocycles. The number of phenolic OH excluding ortho intramolecular Hbond substituents is 1. The van der Waals surface area contributed by atoms with Crippen LogP contribution in [0.3, 0.4) is 0 Å². The van der Waals surface area contributed by atoms with Gasteiger partial charge in [-0.15, -0.1) is 0 Å². The number of methoxy groups -OCH3 is 1. The van der Waals surface area contributed by atoms with Gasteiger partial charge in [0.25, 0.3) is 0 Å². The highest BCUT2D eigenvalue weighted by molar-refractivity contribution is 7.87. The molecule has 0 aliphatic carbocycles. The molecule has 3 aromatic carbocycles. The van der Waals surface area contributed by atoms with E-state index in [1.165, 1.54) is 31.4 Å². The molecule has 0 aromatic heterocycles. The van der Waals surface area contributed by atoms with Crippen molar-refractivity contribution in [2.24, 2.45) is 0 Å². The summed E-state index contributed by atoms with van der Waals surface area (Å²) in [5.74, 6) is 0.956. The smallest absolute Gasteiger partial charge is 0.342 e. The second-order valence-electron chi connectivity index (χ2n) is 6.77. The molecular formula is C23H23ClO6S. The largest absolute Gasteiger partial charge is 0.508 e. The second-order valence-corrected chi connectivity index (χ2v) is 8.72. The van der Waals surface area contributed by atoms with Crippen molar-refractivity contribution in [3.63, 3.8) is 0 Å². The number of aromatic hydroxyl groups is 1. The van der Waals surface area contributed by atoms with E-state index in [-0.39, 0.29) is 27.2 Å². The van der Waals surface area contributed by atoms with Gasteiger partial charge in [0.05, 0.1) is 13.7 Å². The summed E-state index contributed by atoms with van der Waals surface area (Å²) in [7, 11) is -2.81. The number of aryl methyl sites for hydroxylation is 1. The van der Waals surface area contributed by atoms with E-state index in [9.17, 15) is 13.5 Å². The Balaban J connectivity index is 1.79. The summed E-state index contributed by atoms with van der Waals surface area (Å²) >= 11 is 5.96. The summed E-state index contributed by atoms with van der Waals surface area (Å²) in [4.78, 5) is -0.157. The lowest BCUT2D eigenvalue weighted by molar-refractivity contribution is 0.320. The molecule has 164 valence electrons. The predicted octanol–water partition coefficient (Wildman–Crippen LogP) is 5.01. The van der Waals surface area contributed by atoms with E-state index in [0.29, 0.717) is 25.2 Å². The fraction of sp³-hybridized carbons (Fsp3) is 0.217. The van der Waals surface area contributed by atoms with Crippen LogP contribution in [0.25, 0.3) is 0 Å². The van der Waals surface area contributed by atoms with Crippen LogP contribution in [0, 0.1) is 0 Å². The van der Waals surface area contributed by atoms with E-state index in [4.69, 9.17) is 25.3 Å². The first-order chi connectivity index (χ1) is 14.8. The van der Waals surface area contributed by atoms with E-state index in [1.54, 1.807) is 24.3 Å². The lowest BCUT2D eigenvalue weighted by atomic mass is 10.1. The number of rotatable bonds is 9. The Bertz CT molecular complexity index is 1160. The summed E-state index contributed by atoms with van der Waals surface area (Å²) in [6.07, 6.45) is 1.25. The molecule has 6 nitrogen and oxygen atoms in total. The van der Waals surface area contributed by atoms with Crippen LogP contribution in [0.15, 0.2) is 65.6 Å².